The Morgan fingerprint density at radius 3 is 2.59 bits per heavy atom. The van der Waals surface area contributed by atoms with Gasteiger partial charge in [0.1, 0.15) is 17.7 Å². The van der Waals surface area contributed by atoms with Crippen LogP contribution in [0.2, 0.25) is 0 Å². The Labute approximate surface area is 175 Å². The molecule has 3 aromatic heterocycles. The number of aromatic nitrogens is 5. The summed E-state index contributed by atoms with van der Waals surface area (Å²) in [5.74, 6) is -1.62. The van der Waals surface area contributed by atoms with Crippen LogP contribution >= 0.6 is 0 Å². The number of anilines is 3. The van der Waals surface area contributed by atoms with Crippen molar-refractivity contribution in [3.8, 4) is 11.8 Å². The van der Waals surface area contributed by atoms with E-state index in [0.717, 1.165) is 12.5 Å². The molecule has 0 aliphatic rings. The van der Waals surface area contributed by atoms with Crippen LogP contribution in [-0.2, 0) is 0 Å². The van der Waals surface area contributed by atoms with Crippen molar-refractivity contribution in [2.45, 2.75) is 12.8 Å². The summed E-state index contributed by atoms with van der Waals surface area (Å²) in [4.78, 5) is 31.2. The van der Waals surface area contributed by atoms with Crippen molar-refractivity contribution in [2.24, 2.45) is 0 Å². The molecule has 32 heavy (non-hydrogen) atoms. The van der Waals surface area contributed by atoms with E-state index in [1.807, 2.05) is 0 Å². The molecule has 0 aliphatic heterocycles. The maximum atomic E-state index is 12.5. The molecule has 3 aromatic rings. The Balaban J connectivity index is 1.68. The lowest BCUT2D eigenvalue weighted by molar-refractivity contribution is -0.154. The lowest BCUT2D eigenvalue weighted by Crippen LogP contribution is -2.21. The Morgan fingerprint density at radius 2 is 1.91 bits per heavy atom. The van der Waals surface area contributed by atoms with E-state index in [9.17, 15) is 26.7 Å². The summed E-state index contributed by atoms with van der Waals surface area (Å²) < 4.78 is 70.2. The number of halogens is 5. The second kappa shape index (κ2) is 9.76. The molecule has 2 N–H and O–H groups in total. The molecule has 0 saturated carbocycles. The van der Waals surface area contributed by atoms with Crippen LogP contribution in [0, 0.1) is 0 Å². The van der Waals surface area contributed by atoms with E-state index in [1.54, 1.807) is 0 Å². The summed E-state index contributed by atoms with van der Waals surface area (Å²) in [6.45, 7) is -4.63. The fourth-order valence-electron chi connectivity index (χ4n) is 2.15. The fraction of sp³-hybridized carbons (Fsp3) is 0.176. The van der Waals surface area contributed by atoms with Gasteiger partial charge in [-0.15, -0.1) is 0 Å². The fourth-order valence-corrected chi connectivity index (χ4v) is 2.15. The van der Waals surface area contributed by atoms with Crippen molar-refractivity contribution in [2.75, 3.05) is 17.2 Å². The molecule has 0 aliphatic carbocycles. The van der Waals surface area contributed by atoms with Crippen LogP contribution in [-0.4, -0.2) is 50.2 Å². The first-order valence-corrected chi connectivity index (χ1v) is 8.51. The van der Waals surface area contributed by atoms with E-state index in [2.05, 4.69) is 45.0 Å². The molecule has 1 amide bonds. The van der Waals surface area contributed by atoms with Gasteiger partial charge in [0.2, 0.25) is 17.7 Å². The SMILES string of the molecule is O=C(Nc1cncnc1OCC(F)(F)F)c1ccnc(Nc2ccc(OC(F)F)nc2)n1. The number of alkyl halides is 5. The monoisotopic (exact) mass is 457 g/mol. The number of amides is 1. The highest BCUT2D eigenvalue weighted by molar-refractivity contribution is 6.03. The smallest absolute Gasteiger partial charge is 0.422 e. The van der Waals surface area contributed by atoms with Gasteiger partial charge in [-0.25, -0.2) is 19.9 Å². The van der Waals surface area contributed by atoms with Crippen LogP contribution in [0.15, 0.2) is 43.1 Å². The van der Waals surface area contributed by atoms with Crippen LogP contribution in [0.4, 0.5) is 39.3 Å². The molecule has 168 valence electrons. The first kappa shape index (κ1) is 22.5. The highest BCUT2D eigenvalue weighted by Crippen LogP contribution is 2.23. The molecule has 0 saturated heterocycles. The van der Waals surface area contributed by atoms with Gasteiger partial charge in [0.25, 0.3) is 5.91 Å². The molecular weight excluding hydrogens is 445 g/mol. The van der Waals surface area contributed by atoms with Gasteiger partial charge < -0.3 is 20.1 Å². The van der Waals surface area contributed by atoms with Gasteiger partial charge in [-0.2, -0.15) is 26.9 Å². The molecule has 3 rings (SSSR count). The van der Waals surface area contributed by atoms with E-state index >= 15 is 0 Å². The van der Waals surface area contributed by atoms with Crippen molar-refractivity contribution >= 4 is 23.2 Å². The van der Waals surface area contributed by atoms with Gasteiger partial charge in [0.15, 0.2) is 6.61 Å². The Hall–Kier alpha value is -4.17. The van der Waals surface area contributed by atoms with Crippen LogP contribution in [0.5, 0.6) is 11.8 Å². The molecule has 0 radical (unpaired) electrons. The minimum Gasteiger partial charge on any atom is -0.466 e. The van der Waals surface area contributed by atoms with Crippen LogP contribution in [0.1, 0.15) is 10.5 Å². The first-order chi connectivity index (χ1) is 15.2. The summed E-state index contributed by atoms with van der Waals surface area (Å²) in [5, 5.41) is 5.02. The predicted octanol–water partition coefficient (Wildman–Crippen LogP) is 3.20. The lowest BCUT2D eigenvalue weighted by Gasteiger charge is -2.12. The van der Waals surface area contributed by atoms with E-state index in [0.29, 0.717) is 5.69 Å². The van der Waals surface area contributed by atoms with Crippen LogP contribution in [0.3, 0.4) is 0 Å². The van der Waals surface area contributed by atoms with Crippen molar-refractivity contribution in [1.29, 1.82) is 0 Å². The highest BCUT2D eigenvalue weighted by Gasteiger charge is 2.29. The zero-order valence-electron chi connectivity index (χ0n) is 15.7. The Bertz CT molecular complexity index is 1070. The van der Waals surface area contributed by atoms with Gasteiger partial charge in [-0.1, -0.05) is 0 Å². The third-order valence-electron chi connectivity index (χ3n) is 3.39. The number of ether oxygens (including phenoxy) is 2. The molecule has 0 atom stereocenters. The van der Waals surface area contributed by atoms with E-state index in [-0.39, 0.29) is 23.2 Å². The Morgan fingerprint density at radius 1 is 1.09 bits per heavy atom. The number of rotatable bonds is 8. The van der Waals surface area contributed by atoms with Gasteiger partial charge in [0, 0.05) is 12.3 Å². The van der Waals surface area contributed by atoms with Crippen molar-refractivity contribution in [3.63, 3.8) is 0 Å². The standard InChI is InChI=1S/C17H12F5N7O3/c18-15(19)32-12-2-1-9(5-25-12)27-16-24-4-3-10(29-16)13(30)28-11-6-23-8-26-14(11)31-7-17(20,21)22/h1-6,8,15H,7H2,(H,28,30)(H,24,27,29). The third kappa shape index (κ3) is 6.68. The summed E-state index contributed by atoms with van der Waals surface area (Å²) >= 11 is 0. The van der Waals surface area contributed by atoms with E-state index in [1.165, 1.54) is 30.6 Å². The summed E-state index contributed by atoms with van der Waals surface area (Å²) in [7, 11) is 0. The molecule has 0 unspecified atom stereocenters. The van der Waals surface area contributed by atoms with E-state index < -0.39 is 31.2 Å². The molecule has 15 heteroatoms. The van der Waals surface area contributed by atoms with Crippen LogP contribution < -0.4 is 20.1 Å². The highest BCUT2D eigenvalue weighted by atomic mass is 19.4. The third-order valence-corrected chi connectivity index (χ3v) is 3.39. The molecule has 0 spiro atoms. The van der Waals surface area contributed by atoms with Gasteiger partial charge in [0.05, 0.1) is 18.1 Å². The number of carbonyl (C=O) groups is 1. The zero-order valence-corrected chi connectivity index (χ0v) is 15.7. The zero-order chi connectivity index (χ0) is 23.1. The quantitative estimate of drug-likeness (QED) is 0.491. The topological polar surface area (TPSA) is 124 Å². The van der Waals surface area contributed by atoms with Crippen molar-refractivity contribution in [1.82, 2.24) is 24.9 Å². The van der Waals surface area contributed by atoms with Gasteiger partial charge in [-0.05, 0) is 12.1 Å². The van der Waals surface area contributed by atoms with Crippen LogP contribution in [0.25, 0.3) is 0 Å². The maximum absolute atomic E-state index is 12.5. The minimum atomic E-state index is -4.60. The normalized spacial score (nSPS) is 11.2. The second-order valence-electron chi connectivity index (χ2n) is 5.75. The molecule has 0 bridgehead atoms. The number of hydrogen-bond donors (Lipinski definition) is 2. The lowest BCUT2D eigenvalue weighted by atomic mass is 10.3. The molecule has 3 heterocycles. The first-order valence-electron chi connectivity index (χ1n) is 8.51. The maximum Gasteiger partial charge on any atom is 0.422 e. The summed E-state index contributed by atoms with van der Waals surface area (Å²) in [6.07, 6.45) is -0.155. The van der Waals surface area contributed by atoms with Gasteiger partial charge >= 0.3 is 12.8 Å². The van der Waals surface area contributed by atoms with E-state index in [4.69, 9.17) is 0 Å². The van der Waals surface area contributed by atoms with Crippen molar-refractivity contribution in [3.05, 3.63) is 48.8 Å². The predicted molar refractivity (Wildman–Crippen MR) is 97.7 cm³/mol. The molecular formula is C17H12F5N7O3. The summed E-state index contributed by atoms with van der Waals surface area (Å²) in [6, 6.07) is 3.80. The second-order valence-corrected chi connectivity index (χ2v) is 5.75. The number of hydrogen-bond acceptors (Lipinski definition) is 9. The average molecular weight is 457 g/mol. The number of carbonyl (C=O) groups excluding carboxylic acids is 1. The Kier molecular flexibility index (Phi) is 6.87. The number of nitrogens with zero attached hydrogens (tertiary/aromatic N) is 5. The number of nitrogens with one attached hydrogen (secondary N) is 2. The van der Waals surface area contributed by atoms with Crippen molar-refractivity contribution < 1.29 is 36.2 Å². The summed E-state index contributed by atoms with van der Waals surface area (Å²) in [5.41, 5.74) is -0.0455. The molecule has 0 fully saturated rings. The molecule has 10 nitrogen and oxygen atoms in total. The minimum absolute atomic E-state index is 0.0418. The average Bonchev–Trinajstić information content (AvgIpc) is 2.74. The largest absolute Gasteiger partial charge is 0.466 e. The number of pyridine rings is 1. The molecule has 0 aromatic carbocycles. The van der Waals surface area contributed by atoms with Gasteiger partial charge in [-0.3, -0.25) is 4.79 Å².